The topological polar surface area (TPSA) is 61.8 Å². The summed E-state index contributed by atoms with van der Waals surface area (Å²) in [5.74, 6) is -0.210. The van der Waals surface area contributed by atoms with E-state index in [4.69, 9.17) is 12.9 Å². The van der Waals surface area contributed by atoms with Gasteiger partial charge >= 0.3 is 7.60 Å². The number of rotatable bonds is 9. The second-order valence-electron chi connectivity index (χ2n) is 13.4. The Morgan fingerprint density at radius 2 is 1.00 bits per heavy atom. The third kappa shape index (κ3) is 9.20. The van der Waals surface area contributed by atoms with E-state index in [9.17, 15) is 9.36 Å². The first-order valence-electron chi connectivity index (χ1n) is 11.5. The molecule has 0 aromatic carbocycles. The van der Waals surface area contributed by atoms with Crippen molar-refractivity contribution in [2.45, 2.75) is 130 Å². The predicted octanol–water partition coefficient (Wildman–Crippen LogP) is 8.55. The maximum absolute atomic E-state index is 14.0. The van der Waals surface area contributed by atoms with Crippen LogP contribution in [0.3, 0.4) is 0 Å². The third-order valence-corrected chi connectivity index (χ3v) is 25.7. The van der Waals surface area contributed by atoms with Gasteiger partial charge in [-0.05, 0) is 60.8 Å². The molecule has 0 aromatic rings. The van der Waals surface area contributed by atoms with Crippen LogP contribution < -0.4 is 0 Å². The summed E-state index contributed by atoms with van der Waals surface area (Å²) in [4.78, 5) is 12.5. The van der Waals surface area contributed by atoms with Gasteiger partial charge in [-0.15, -0.1) is 0 Å². The molecule has 0 aliphatic heterocycles. The fourth-order valence-corrected chi connectivity index (χ4v) is 12.5. The highest BCUT2D eigenvalue weighted by molar-refractivity contribution is 7.57. The lowest BCUT2D eigenvalue weighted by molar-refractivity contribution is -0.135. The van der Waals surface area contributed by atoms with E-state index in [1.165, 1.54) is 0 Å². The molecule has 0 atom stereocenters. The average molecular weight is 511 g/mol. The van der Waals surface area contributed by atoms with Crippen LogP contribution in [0.25, 0.3) is 0 Å². The van der Waals surface area contributed by atoms with Crippen LogP contribution in [0.2, 0.25) is 54.4 Å². The molecule has 0 aromatic heterocycles. The number of carbonyl (C=O) groups excluding carboxylic acids is 1. The Morgan fingerprint density at radius 3 is 1.29 bits per heavy atom. The molecule has 31 heavy (non-hydrogen) atoms. The van der Waals surface area contributed by atoms with Gasteiger partial charge in [-0.25, -0.2) is 0 Å². The summed E-state index contributed by atoms with van der Waals surface area (Å²) in [7, 11) is -10.2. The van der Waals surface area contributed by atoms with Gasteiger partial charge in [0, 0.05) is 12.6 Å². The molecule has 0 saturated heterocycles. The predicted molar refractivity (Wildman–Crippen MR) is 142 cm³/mol. The van der Waals surface area contributed by atoms with Crippen LogP contribution >= 0.6 is 7.60 Å². The highest BCUT2D eigenvalue weighted by Gasteiger charge is 2.48. The van der Waals surface area contributed by atoms with Crippen molar-refractivity contribution < 1.29 is 22.2 Å². The lowest BCUT2D eigenvalue weighted by Crippen LogP contribution is -2.44. The van der Waals surface area contributed by atoms with Gasteiger partial charge < -0.3 is 12.9 Å². The Kier molecular flexibility index (Phi) is 9.95. The van der Waals surface area contributed by atoms with Gasteiger partial charge in [0.2, 0.25) is 16.6 Å². The van der Waals surface area contributed by atoms with Crippen molar-refractivity contribution in [2.24, 2.45) is 0 Å². The Balaban J connectivity index is 5.52. The van der Waals surface area contributed by atoms with Crippen molar-refractivity contribution >= 4 is 38.5 Å². The molecule has 0 bridgehead atoms. The first-order valence-corrected chi connectivity index (χ1v) is 21.9. The van der Waals surface area contributed by atoms with Crippen LogP contribution in [0.15, 0.2) is 0 Å². The molecule has 9 heteroatoms. The molecule has 0 radical (unpaired) electrons. The standard InChI is InChI=1S/C22H51O5PSi3/c1-20(2,3)29(10,11)25-19(23)17-16-18-28(24,26-30(12,13)21(4,5)6)27-31(14,15)22(7,8)9/h16-18H2,1-15H3. The minimum atomic E-state index is -3.37. The van der Waals surface area contributed by atoms with Crippen molar-refractivity contribution in [3.05, 3.63) is 0 Å². The van der Waals surface area contributed by atoms with Crippen molar-refractivity contribution in [1.82, 2.24) is 0 Å². The van der Waals surface area contributed by atoms with Crippen molar-refractivity contribution in [1.29, 1.82) is 0 Å². The van der Waals surface area contributed by atoms with Crippen LogP contribution in [0.1, 0.15) is 75.2 Å². The Labute approximate surface area is 196 Å². The molecule has 0 spiro atoms. The molecule has 0 rings (SSSR count). The minimum Gasteiger partial charge on any atom is -0.519 e. The Hall–Kier alpha value is 0.271. The number of hydrogen-bond acceptors (Lipinski definition) is 5. The summed E-state index contributed by atoms with van der Waals surface area (Å²) >= 11 is 0. The molecule has 5 nitrogen and oxygen atoms in total. The quantitative estimate of drug-likeness (QED) is 0.230. The molecule has 0 fully saturated rings. The first-order chi connectivity index (χ1) is 13.3. The van der Waals surface area contributed by atoms with E-state index in [1.807, 2.05) is 0 Å². The van der Waals surface area contributed by atoms with Gasteiger partial charge in [-0.3, -0.25) is 9.36 Å². The van der Waals surface area contributed by atoms with Gasteiger partial charge in [-0.1, -0.05) is 62.3 Å². The van der Waals surface area contributed by atoms with Gasteiger partial charge in [0.05, 0.1) is 0 Å². The zero-order valence-corrected chi connectivity index (χ0v) is 27.0. The van der Waals surface area contributed by atoms with Crippen LogP contribution in [-0.2, 0) is 22.2 Å². The summed E-state index contributed by atoms with van der Waals surface area (Å²) in [5.41, 5.74) is 0. The van der Waals surface area contributed by atoms with Crippen molar-refractivity contribution in [3.63, 3.8) is 0 Å². The van der Waals surface area contributed by atoms with Gasteiger partial charge in [0.25, 0.3) is 14.3 Å². The van der Waals surface area contributed by atoms with E-state index >= 15 is 0 Å². The first kappa shape index (κ1) is 31.3. The molecule has 0 aliphatic rings. The molecule has 0 unspecified atom stereocenters. The maximum Gasteiger partial charge on any atom is 0.311 e. The van der Waals surface area contributed by atoms with E-state index < -0.39 is 32.5 Å². The number of carbonyl (C=O) groups is 1. The highest BCUT2D eigenvalue weighted by Crippen LogP contribution is 2.59. The average Bonchev–Trinajstić information content (AvgIpc) is 2.40. The maximum atomic E-state index is 14.0. The van der Waals surface area contributed by atoms with Gasteiger partial charge in [0.15, 0.2) is 0 Å². The zero-order chi connectivity index (χ0) is 25.3. The second-order valence-corrected chi connectivity index (χ2v) is 30.3. The zero-order valence-electron chi connectivity index (χ0n) is 23.1. The highest BCUT2D eigenvalue weighted by atomic mass is 31.2. The molecular formula is C22H51O5PSi3. The second kappa shape index (κ2) is 9.87. The molecule has 0 aliphatic carbocycles. The Bertz CT molecular complexity index is 636. The molecule has 186 valence electrons. The fraction of sp³-hybridized carbons (Fsp3) is 0.955. The SMILES string of the molecule is CC(C)(C)[Si](C)(C)OC(=O)CCCP(=O)(O[Si](C)(C)C(C)(C)C)O[Si](C)(C)C(C)(C)C. The lowest BCUT2D eigenvalue weighted by Gasteiger charge is -2.43. The summed E-state index contributed by atoms with van der Waals surface area (Å²) in [6.45, 7) is 31.6. The molecule has 0 heterocycles. The van der Waals surface area contributed by atoms with Gasteiger partial charge in [-0.2, -0.15) is 0 Å². The summed E-state index contributed by atoms with van der Waals surface area (Å²) in [6, 6.07) is 0. The van der Waals surface area contributed by atoms with Crippen LogP contribution in [0.5, 0.6) is 0 Å². The van der Waals surface area contributed by atoms with Crippen molar-refractivity contribution in [3.8, 4) is 0 Å². The molecule has 0 saturated carbocycles. The molecule has 0 N–H and O–H groups in total. The normalized spacial score (nSPS) is 15.2. The van der Waals surface area contributed by atoms with Crippen LogP contribution in [0, 0.1) is 0 Å². The molecule has 0 amide bonds. The minimum absolute atomic E-state index is 0.0329. The largest absolute Gasteiger partial charge is 0.519 e. The van der Waals surface area contributed by atoms with E-state index in [0.29, 0.717) is 6.42 Å². The van der Waals surface area contributed by atoms with E-state index in [-0.39, 0.29) is 33.7 Å². The van der Waals surface area contributed by atoms with E-state index in [1.54, 1.807) is 0 Å². The number of hydrogen-bond donors (Lipinski definition) is 0. The van der Waals surface area contributed by atoms with Crippen molar-refractivity contribution in [2.75, 3.05) is 6.16 Å². The van der Waals surface area contributed by atoms with Crippen LogP contribution in [-0.4, -0.2) is 37.1 Å². The Morgan fingerprint density at radius 1 is 0.677 bits per heavy atom. The lowest BCUT2D eigenvalue weighted by atomic mass is 10.2. The smallest absolute Gasteiger partial charge is 0.311 e. The van der Waals surface area contributed by atoms with E-state index in [2.05, 4.69) is 102 Å². The summed E-state index contributed by atoms with van der Waals surface area (Å²) in [6.07, 6.45) is 0.921. The third-order valence-electron chi connectivity index (χ3n) is 7.34. The van der Waals surface area contributed by atoms with E-state index in [0.717, 1.165) is 0 Å². The summed E-state index contributed by atoms with van der Waals surface area (Å²) in [5, 5.41) is -0.198. The van der Waals surface area contributed by atoms with Crippen LogP contribution in [0.4, 0.5) is 0 Å². The molecular weight excluding hydrogens is 459 g/mol. The summed E-state index contributed by atoms with van der Waals surface area (Å²) < 4.78 is 32.8. The van der Waals surface area contributed by atoms with Gasteiger partial charge in [0.1, 0.15) is 0 Å². The monoisotopic (exact) mass is 510 g/mol. The fourth-order valence-electron chi connectivity index (χ4n) is 1.98.